The lowest BCUT2D eigenvalue weighted by Crippen LogP contribution is -2.36. The number of halogens is 1. The zero-order chi connectivity index (χ0) is 15.9. The van der Waals surface area contributed by atoms with Crippen molar-refractivity contribution in [1.29, 1.82) is 0 Å². The maximum Gasteiger partial charge on any atom is 0.257 e. The first kappa shape index (κ1) is 14.9. The highest BCUT2D eigenvalue weighted by Crippen LogP contribution is 2.26. The molecule has 0 saturated heterocycles. The summed E-state index contributed by atoms with van der Waals surface area (Å²) in [6.45, 7) is 3.11. The molecule has 0 atom stereocenters. The van der Waals surface area contributed by atoms with Gasteiger partial charge in [-0.05, 0) is 30.7 Å². The average Bonchev–Trinajstić information content (AvgIpc) is 2.81. The van der Waals surface area contributed by atoms with Gasteiger partial charge < -0.3 is 14.2 Å². The Kier molecular flexibility index (Phi) is 3.83. The first-order valence-corrected chi connectivity index (χ1v) is 7.53. The van der Waals surface area contributed by atoms with Crippen LogP contribution in [0.1, 0.15) is 27.3 Å². The number of rotatable bonds is 2. The van der Waals surface area contributed by atoms with E-state index in [4.69, 9.17) is 16.3 Å². The lowest BCUT2D eigenvalue weighted by Gasteiger charge is -2.27. The van der Waals surface area contributed by atoms with Crippen LogP contribution in [0.15, 0.2) is 18.2 Å². The molecule has 2 aromatic rings. The van der Waals surface area contributed by atoms with Crippen molar-refractivity contribution < 1.29 is 9.53 Å². The predicted molar refractivity (Wildman–Crippen MR) is 84.4 cm³/mol. The molecule has 1 aliphatic rings. The van der Waals surface area contributed by atoms with Gasteiger partial charge in [0.25, 0.3) is 5.91 Å². The summed E-state index contributed by atoms with van der Waals surface area (Å²) in [4.78, 5) is 19.0. The Bertz CT molecular complexity index is 739. The van der Waals surface area contributed by atoms with Gasteiger partial charge in [0.1, 0.15) is 5.75 Å². The average molecular weight is 320 g/mol. The van der Waals surface area contributed by atoms with E-state index in [1.807, 2.05) is 41.6 Å². The van der Waals surface area contributed by atoms with Gasteiger partial charge in [-0.15, -0.1) is 0 Å². The predicted octanol–water partition coefficient (Wildman–Crippen LogP) is 2.59. The monoisotopic (exact) mass is 319 g/mol. The van der Waals surface area contributed by atoms with Gasteiger partial charge in [0, 0.05) is 20.0 Å². The lowest BCUT2D eigenvalue weighted by molar-refractivity contribution is 0.0726. The molecule has 116 valence electrons. The van der Waals surface area contributed by atoms with Crippen LogP contribution in [0, 0.1) is 6.92 Å². The highest BCUT2D eigenvalue weighted by molar-refractivity contribution is 6.28. The third-order valence-electron chi connectivity index (χ3n) is 4.07. The number of fused-ring (bicyclic) bond motifs is 1. The van der Waals surface area contributed by atoms with Crippen molar-refractivity contribution in [2.75, 3.05) is 13.7 Å². The minimum absolute atomic E-state index is 0.0245. The van der Waals surface area contributed by atoms with Crippen LogP contribution >= 0.6 is 11.6 Å². The number of imidazole rings is 1. The summed E-state index contributed by atoms with van der Waals surface area (Å²) in [5.41, 5.74) is 3.61. The van der Waals surface area contributed by atoms with Gasteiger partial charge in [0.2, 0.25) is 5.28 Å². The molecule has 0 bridgehead atoms. The van der Waals surface area contributed by atoms with Crippen molar-refractivity contribution in [3.63, 3.8) is 0 Å². The standard InChI is InChI=1S/C16H18ClN3O2/c1-10-4-5-14(22-3)11(8-10)15(21)20-7-6-12-13(9-20)19(2)16(17)18-12/h4-5,8H,6-7,9H2,1-3H3. The minimum Gasteiger partial charge on any atom is -0.496 e. The fourth-order valence-corrected chi connectivity index (χ4v) is 2.99. The highest BCUT2D eigenvalue weighted by Gasteiger charge is 2.27. The molecule has 6 heteroatoms. The second-order valence-corrected chi connectivity index (χ2v) is 5.85. The number of hydrogen-bond donors (Lipinski definition) is 0. The topological polar surface area (TPSA) is 47.4 Å². The number of benzene rings is 1. The third-order valence-corrected chi connectivity index (χ3v) is 4.41. The minimum atomic E-state index is -0.0245. The summed E-state index contributed by atoms with van der Waals surface area (Å²) in [6.07, 6.45) is 0.718. The van der Waals surface area contributed by atoms with Gasteiger partial charge in [0.05, 0.1) is 30.6 Å². The molecule has 5 nitrogen and oxygen atoms in total. The number of carbonyl (C=O) groups is 1. The molecular formula is C16H18ClN3O2. The molecule has 0 fully saturated rings. The number of amides is 1. The van der Waals surface area contributed by atoms with Crippen molar-refractivity contribution in [2.24, 2.45) is 7.05 Å². The van der Waals surface area contributed by atoms with Crippen molar-refractivity contribution in [2.45, 2.75) is 19.9 Å². The van der Waals surface area contributed by atoms with Crippen LogP contribution in [0.2, 0.25) is 5.28 Å². The van der Waals surface area contributed by atoms with Crippen LogP contribution in [-0.4, -0.2) is 34.0 Å². The summed E-state index contributed by atoms with van der Waals surface area (Å²) >= 11 is 6.06. The van der Waals surface area contributed by atoms with Gasteiger partial charge in [-0.2, -0.15) is 0 Å². The molecule has 0 aliphatic carbocycles. The SMILES string of the molecule is COc1ccc(C)cc1C(=O)N1CCc2nc(Cl)n(C)c2C1. The van der Waals surface area contributed by atoms with E-state index < -0.39 is 0 Å². The van der Waals surface area contributed by atoms with Crippen LogP contribution < -0.4 is 4.74 Å². The molecule has 0 unspecified atom stereocenters. The maximum atomic E-state index is 12.8. The van der Waals surface area contributed by atoms with Gasteiger partial charge in [-0.25, -0.2) is 4.98 Å². The number of ether oxygens (including phenoxy) is 1. The Morgan fingerprint density at radius 2 is 2.18 bits per heavy atom. The molecule has 1 aromatic carbocycles. The van der Waals surface area contributed by atoms with Gasteiger partial charge in [0.15, 0.2) is 0 Å². The van der Waals surface area contributed by atoms with Crippen LogP contribution in [0.4, 0.5) is 0 Å². The van der Waals surface area contributed by atoms with Crippen LogP contribution in [0.25, 0.3) is 0 Å². The lowest BCUT2D eigenvalue weighted by atomic mass is 10.1. The van der Waals surface area contributed by atoms with E-state index in [1.54, 1.807) is 7.11 Å². The quantitative estimate of drug-likeness (QED) is 0.855. The largest absolute Gasteiger partial charge is 0.496 e. The molecule has 1 amide bonds. The number of aromatic nitrogens is 2. The second-order valence-electron chi connectivity index (χ2n) is 5.51. The second kappa shape index (κ2) is 5.65. The number of hydrogen-bond acceptors (Lipinski definition) is 3. The van der Waals surface area contributed by atoms with E-state index in [0.29, 0.717) is 29.7 Å². The molecule has 0 saturated carbocycles. The van der Waals surface area contributed by atoms with E-state index in [-0.39, 0.29) is 5.91 Å². The molecule has 1 aliphatic heterocycles. The number of methoxy groups -OCH3 is 1. The van der Waals surface area contributed by atoms with Crippen molar-refractivity contribution >= 4 is 17.5 Å². The van der Waals surface area contributed by atoms with Gasteiger partial charge in [-0.1, -0.05) is 11.6 Å². The Labute approximate surface area is 134 Å². The Morgan fingerprint density at radius 3 is 2.91 bits per heavy atom. The summed E-state index contributed by atoms with van der Waals surface area (Å²) in [7, 11) is 3.45. The van der Waals surface area contributed by atoms with Crippen LogP contribution in [0.5, 0.6) is 5.75 Å². The summed E-state index contributed by atoms with van der Waals surface area (Å²) < 4.78 is 7.16. The smallest absolute Gasteiger partial charge is 0.257 e. The van der Waals surface area contributed by atoms with Gasteiger partial charge in [-0.3, -0.25) is 4.79 Å². The fraction of sp³-hybridized carbons (Fsp3) is 0.375. The molecule has 3 rings (SSSR count). The molecule has 0 radical (unpaired) electrons. The molecule has 22 heavy (non-hydrogen) atoms. The molecule has 0 N–H and O–H groups in total. The third kappa shape index (κ3) is 2.46. The molecular weight excluding hydrogens is 302 g/mol. The first-order valence-electron chi connectivity index (χ1n) is 7.15. The molecule has 1 aromatic heterocycles. The maximum absolute atomic E-state index is 12.8. The van der Waals surface area contributed by atoms with E-state index >= 15 is 0 Å². The van der Waals surface area contributed by atoms with E-state index in [1.165, 1.54) is 0 Å². The normalized spacial score (nSPS) is 13.9. The van der Waals surface area contributed by atoms with E-state index in [0.717, 1.165) is 23.4 Å². The summed E-state index contributed by atoms with van der Waals surface area (Å²) in [5.74, 6) is 0.577. The number of nitrogens with zero attached hydrogens (tertiary/aromatic N) is 3. The van der Waals surface area contributed by atoms with Gasteiger partial charge >= 0.3 is 0 Å². The molecule has 0 spiro atoms. The number of aryl methyl sites for hydroxylation is 1. The first-order chi connectivity index (χ1) is 10.5. The highest BCUT2D eigenvalue weighted by atomic mass is 35.5. The van der Waals surface area contributed by atoms with Crippen molar-refractivity contribution in [3.8, 4) is 5.75 Å². The Morgan fingerprint density at radius 1 is 1.41 bits per heavy atom. The summed E-state index contributed by atoms with van der Waals surface area (Å²) in [6, 6.07) is 5.64. The number of carbonyl (C=O) groups excluding carboxylic acids is 1. The summed E-state index contributed by atoms with van der Waals surface area (Å²) in [5, 5.41) is 0.465. The Hall–Kier alpha value is -2.01. The van der Waals surface area contributed by atoms with E-state index in [2.05, 4.69) is 4.98 Å². The zero-order valence-electron chi connectivity index (χ0n) is 12.9. The fourth-order valence-electron chi connectivity index (χ4n) is 2.79. The zero-order valence-corrected chi connectivity index (χ0v) is 13.6. The Balaban J connectivity index is 1.91. The van der Waals surface area contributed by atoms with Crippen molar-refractivity contribution in [3.05, 3.63) is 46.0 Å². The van der Waals surface area contributed by atoms with Crippen LogP contribution in [-0.2, 0) is 20.0 Å². The molecule has 2 heterocycles. The van der Waals surface area contributed by atoms with Crippen molar-refractivity contribution in [1.82, 2.24) is 14.5 Å². The van der Waals surface area contributed by atoms with E-state index in [9.17, 15) is 4.79 Å². The van der Waals surface area contributed by atoms with Crippen LogP contribution in [0.3, 0.4) is 0 Å².